The molecule has 0 bridgehead atoms. The minimum absolute atomic E-state index is 0.0154. The van der Waals surface area contributed by atoms with Crippen LogP contribution in [0.4, 0.5) is 8.78 Å². The van der Waals surface area contributed by atoms with E-state index in [1.165, 1.54) is 51.2 Å². The van der Waals surface area contributed by atoms with Crippen LogP contribution in [-0.2, 0) is 15.4 Å². The van der Waals surface area contributed by atoms with Gasteiger partial charge in [0.05, 0.1) is 5.75 Å². The summed E-state index contributed by atoms with van der Waals surface area (Å²) in [4.78, 5) is 8.06. The van der Waals surface area contributed by atoms with Gasteiger partial charge in [-0.05, 0) is 51.1 Å². The molecule has 27 heavy (non-hydrogen) atoms. The molecule has 2 heterocycles. The first-order chi connectivity index (χ1) is 12.5. The standard InChI is InChI=1S/C18H19F2N3O3S/c1-17(2)16(21)23-18(3,10-27(17,24)25)12-9-11(6-7-13(12)19)26-15-14(20)5-4-8-22-15/h4-9H,10H2,1-3H3,(H2,21,23)/t18-/m0/s1. The molecule has 0 aliphatic carbocycles. The zero-order chi connectivity index (χ0) is 20.0. The second-order valence-electron chi connectivity index (χ2n) is 7.07. The molecular weight excluding hydrogens is 376 g/mol. The van der Waals surface area contributed by atoms with E-state index < -0.39 is 37.5 Å². The monoisotopic (exact) mass is 395 g/mol. The van der Waals surface area contributed by atoms with Gasteiger partial charge in [0.1, 0.15) is 27.7 Å². The maximum atomic E-state index is 14.5. The smallest absolute Gasteiger partial charge is 0.255 e. The highest BCUT2D eigenvalue weighted by Gasteiger charge is 2.49. The van der Waals surface area contributed by atoms with Crippen molar-refractivity contribution in [3.05, 3.63) is 53.7 Å². The minimum atomic E-state index is -3.70. The fourth-order valence-electron chi connectivity index (χ4n) is 2.82. The van der Waals surface area contributed by atoms with Gasteiger partial charge in [-0.3, -0.25) is 4.99 Å². The Kier molecular flexibility index (Phi) is 4.46. The molecule has 0 saturated carbocycles. The molecule has 1 aromatic heterocycles. The Morgan fingerprint density at radius 1 is 1.15 bits per heavy atom. The Bertz CT molecular complexity index is 1040. The lowest BCUT2D eigenvalue weighted by atomic mass is 9.93. The lowest BCUT2D eigenvalue weighted by Crippen LogP contribution is -2.54. The van der Waals surface area contributed by atoms with Crippen LogP contribution in [0.1, 0.15) is 26.3 Å². The SMILES string of the molecule is CC1(C)C(N)=N[C@](C)(c2cc(Oc3ncccc3F)ccc2F)CS1(=O)=O. The number of nitrogens with two attached hydrogens (primary N) is 1. The number of amidine groups is 1. The van der Waals surface area contributed by atoms with E-state index in [0.29, 0.717) is 0 Å². The number of rotatable bonds is 3. The first-order valence-electron chi connectivity index (χ1n) is 8.13. The molecular formula is C18H19F2N3O3S. The van der Waals surface area contributed by atoms with E-state index in [1.54, 1.807) is 0 Å². The predicted molar refractivity (Wildman–Crippen MR) is 97.5 cm³/mol. The van der Waals surface area contributed by atoms with Crippen LogP contribution in [0.15, 0.2) is 41.5 Å². The van der Waals surface area contributed by atoms with E-state index in [-0.39, 0.29) is 23.0 Å². The Balaban J connectivity index is 2.07. The maximum absolute atomic E-state index is 14.5. The highest BCUT2D eigenvalue weighted by molar-refractivity contribution is 7.93. The van der Waals surface area contributed by atoms with Gasteiger partial charge in [-0.15, -0.1) is 0 Å². The van der Waals surface area contributed by atoms with Crippen molar-refractivity contribution in [2.24, 2.45) is 10.7 Å². The van der Waals surface area contributed by atoms with Crippen LogP contribution >= 0.6 is 0 Å². The Morgan fingerprint density at radius 3 is 2.48 bits per heavy atom. The molecule has 6 nitrogen and oxygen atoms in total. The average Bonchev–Trinajstić information content (AvgIpc) is 2.56. The van der Waals surface area contributed by atoms with Gasteiger partial charge in [0.15, 0.2) is 15.7 Å². The van der Waals surface area contributed by atoms with Crippen LogP contribution < -0.4 is 10.5 Å². The minimum Gasteiger partial charge on any atom is -0.436 e. The van der Waals surface area contributed by atoms with Gasteiger partial charge in [-0.25, -0.2) is 22.2 Å². The topological polar surface area (TPSA) is 94.6 Å². The summed E-state index contributed by atoms with van der Waals surface area (Å²) in [6.07, 6.45) is 1.35. The summed E-state index contributed by atoms with van der Waals surface area (Å²) in [6.45, 7) is 4.40. The van der Waals surface area contributed by atoms with Crippen molar-refractivity contribution in [2.75, 3.05) is 5.75 Å². The number of aliphatic imine (C=N–C) groups is 1. The summed E-state index contributed by atoms with van der Waals surface area (Å²) in [5, 5.41) is 0. The number of nitrogens with zero attached hydrogens (tertiary/aromatic N) is 2. The summed E-state index contributed by atoms with van der Waals surface area (Å²) in [5.74, 6) is -2.05. The van der Waals surface area contributed by atoms with E-state index in [2.05, 4.69) is 9.98 Å². The molecule has 1 aromatic carbocycles. The zero-order valence-electron chi connectivity index (χ0n) is 15.0. The van der Waals surface area contributed by atoms with Crippen LogP contribution in [0.3, 0.4) is 0 Å². The molecule has 1 aliphatic rings. The highest BCUT2D eigenvalue weighted by atomic mass is 32.2. The number of benzene rings is 1. The first kappa shape index (κ1) is 19.2. The third-order valence-electron chi connectivity index (χ3n) is 4.69. The van der Waals surface area contributed by atoms with E-state index in [4.69, 9.17) is 10.5 Å². The molecule has 0 amide bonds. The maximum Gasteiger partial charge on any atom is 0.255 e. The fourth-order valence-corrected chi connectivity index (χ4v) is 4.50. The van der Waals surface area contributed by atoms with Crippen LogP contribution in [-0.4, -0.2) is 29.7 Å². The van der Waals surface area contributed by atoms with Gasteiger partial charge in [-0.2, -0.15) is 0 Å². The van der Waals surface area contributed by atoms with Gasteiger partial charge in [0.2, 0.25) is 0 Å². The second kappa shape index (κ2) is 6.26. The quantitative estimate of drug-likeness (QED) is 0.862. The van der Waals surface area contributed by atoms with Crippen molar-refractivity contribution in [1.29, 1.82) is 0 Å². The third kappa shape index (κ3) is 3.27. The summed E-state index contributed by atoms with van der Waals surface area (Å²) in [7, 11) is -3.70. The summed E-state index contributed by atoms with van der Waals surface area (Å²) < 4.78 is 57.6. The van der Waals surface area contributed by atoms with Gasteiger partial charge in [0.25, 0.3) is 5.88 Å². The molecule has 0 spiro atoms. The van der Waals surface area contributed by atoms with E-state index in [0.717, 1.165) is 6.07 Å². The van der Waals surface area contributed by atoms with Gasteiger partial charge in [-0.1, -0.05) is 0 Å². The lowest BCUT2D eigenvalue weighted by Gasteiger charge is -2.37. The molecule has 144 valence electrons. The number of aromatic nitrogens is 1. The second-order valence-corrected chi connectivity index (χ2v) is 9.61. The van der Waals surface area contributed by atoms with Crippen molar-refractivity contribution in [3.8, 4) is 11.6 Å². The number of hydrogen-bond donors (Lipinski definition) is 1. The molecule has 1 aliphatic heterocycles. The summed E-state index contributed by atoms with van der Waals surface area (Å²) in [6, 6.07) is 6.27. The van der Waals surface area contributed by atoms with Gasteiger partial charge >= 0.3 is 0 Å². The number of pyridine rings is 1. The molecule has 0 fully saturated rings. The molecule has 0 saturated heterocycles. The molecule has 2 aromatic rings. The largest absolute Gasteiger partial charge is 0.436 e. The molecule has 2 N–H and O–H groups in total. The summed E-state index contributed by atoms with van der Waals surface area (Å²) in [5.41, 5.74) is 4.43. The van der Waals surface area contributed by atoms with Crippen molar-refractivity contribution in [3.63, 3.8) is 0 Å². The average molecular weight is 395 g/mol. The van der Waals surface area contributed by atoms with Crippen LogP contribution in [0.2, 0.25) is 0 Å². The van der Waals surface area contributed by atoms with Crippen LogP contribution in [0, 0.1) is 11.6 Å². The van der Waals surface area contributed by atoms with Crippen molar-refractivity contribution >= 4 is 15.7 Å². The van der Waals surface area contributed by atoms with Gasteiger partial charge in [0, 0.05) is 11.8 Å². The molecule has 9 heteroatoms. The summed E-state index contributed by atoms with van der Waals surface area (Å²) >= 11 is 0. The van der Waals surface area contributed by atoms with E-state index >= 15 is 0 Å². The van der Waals surface area contributed by atoms with Crippen LogP contribution in [0.25, 0.3) is 0 Å². The van der Waals surface area contributed by atoms with Gasteiger partial charge < -0.3 is 10.5 Å². The Hall–Kier alpha value is -2.55. The number of sulfone groups is 1. The van der Waals surface area contributed by atoms with Crippen molar-refractivity contribution < 1.29 is 21.9 Å². The number of ether oxygens (including phenoxy) is 1. The number of hydrogen-bond acceptors (Lipinski definition) is 6. The fraction of sp³-hybridized carbons (Fsp3) is 0.333. The van der Waals surface area contributed by atoms with E-state index in [1.807, 2.05) is 0 Å². The molecule has 0 radical (unpaired) electrons. The third-order valence-corrected chi connectivity index (χ3v) is 7.40. The highest BCUT2D eigenvalue weighted by Crippen LogP contribution is 2.39. The van der Waals surface area contributed by atoms with Crippen molar-refractivity contribution in [1.82, 2.24) is 4.98 Å². The van der Waals surface area contributed by atoms with E-state index in [9.17, 15) is 17.2 Å². The Labute approximate surface area is 156 Å². The molecule has 0 unspecified atom stereocenters. The van der Waals surface area contributed by atoms with Crippen LogP contribution in [0.5, 0.6) is 11.6 Å². The zero-order valence-corrected chi connectivity index (χ0v) is 15.8. The molecule has 3 rings (SSSR count). The first-order valence-corrected chi connectivity index (χ1v) is 9.78. The predicted octanol–water partition coefficient (Wildman–Crippen LogP) is 2.93. The normalized spacial score (nSPS) is 23.5. The number of halogens is 2. The Morgan fingerprint density at radius 2 is 1.85 bits per heavy atom. The molecule has 1 atom stereocenters. The lowest BCUT2D eigenvalue weighted by molar-refractivity contribution is 0.416. The van der Waals surface area contributed by atoms with Crippen molar-refractivity contribution in [2.45, 2.75) is 31.1 Å².